The molecule has 1 aliphatic heterocycles. The van der Waals surface area contributed by atoms with Gasteiger partial charge in [-0.1, -0.05) is 46.8 Å². The van der Waals surface area contributed by atoms with E-state index in [-0.39, 0.29) is 41.7 Å². The zero-order valence-corrected chi connectivity index (χ0v) is 25.4. The van der Waals surface area contributed by atoms with Gasteiger partial charge in [-0.3, -0.25) is 15.0 Å². The lowest BCUT2D eigenvalue weighted by Gasteiger charge is -2.25. The normalized spacial score (nSPS) is 17.0. The van der Waals surface area contributed by atoms with Crippen molar-refractivity contribution in [2.45, 2.75) is 80.4 Å². The molecule has 1 aromatic carbocycles. The van der Waals surface area contributed by atoms with Crippen LogP contribution in [0.25, 0.3) is 6.08 Å². The summed E-state index contributed by atoms with van der Waals surface area (Å²) < 4.78 is 15.8. The van der Waals surface area contributed by atoms with Gasteiger partial charge in [-0.15, -0.1) is 0 Å². The molecule has 2 atom stereocenters. The number of pyridine rings is 1. The van der Waals surface area contributed by atoms with E-state index in [0.717, 1.165) is 22.5 Å². The molecule has 4 rings (SSSR count). The standard InChI is InChI=1S/C30H37FN6O2.C2H6.H2/c1-18-12-24(29(39)37(20(18)3)17-30(4,5)6)28(38)35-23-14-25(21-8-7-9-22(31)13-21)36(16-23)26(32)10-11-27-33-15-19(2)34-27;1-2;/h7-13,15,23,25,32H,14,16-17H2,1-6H3,(H,33,34)(H,35,38);1-2H3;1H/b11-10-,32-26?;;/t23?,25-;;/m1../s1. The summed E-state index contributed by atoms with van der Waals surface area (Å²) in [6.45, 7) is 16.7. The molecular weight excluding hydrogens is 519 g/mol. The molecule has 0 bridgehead atoms. The number of nitrogens with one attached hydrogen (secondary N) is 3. The summed E-state index contributed by atoms with van der Waals surface area (Å²) in [4.78, 5) is 35.9. The van der Waals surface area contributed by atoms with Gasteiger partial charge in [0.15, 0.2) is 0 Å². The highest BCUT2D eigenvalue weighted by molar-refractivity contribution is 5.95. The fourth-order valence-electron chi connectivity index (χ4n) is 4.99. The van der Waals surface area contributed by atoms with Crippen molar-refractivity contribution in [2.24, 2.45) is 5.41 Å². The zero-order valence-electron chi connectivity index (χ0n) is 25.4. The number of imidazole rings is 1. The number of H-pyrrole nitrogens is 1. The van der Waals surface area contributed by atoms with Gasteiger partial charge < -0.3 is 19.8 Å². The van der Waals surface area contributed by atoms with Crippen LogP contribution >= 0.6 is 0 Å². The molecule has 0 spiro atoms. The van der Waals surface area contributed by atoms with Crippen LogP contribution in [0.2, 0.25) is 0 Å². The summed E-state index contributed by atoms with van der Waals surface area (Å²) in [7, 11) is 0. The minimum atomic E-state index is -0.441. The van der Waals surface area contributed by atoms with E-state index < -0.39 is 5.91 Å². The summed E-state index contributed by atoms with van der Waals surface area (Å²) in [5.41, 5.74) is 3.00. The Morgan fingerprint density at radius 3 is 2.56 bits per heavy atom. The van der Waals surface area contributed by atoms with Gasteiger partial charge in [0.05, 0.1) is 6.04 Å². The smallest absolute Gasteiger partial charge is 0.263 e. The monoisotopic (exact) mass is 564 g/mol. The minimum absolute atomic E-state index is 0. The molecule has 1 unspecified atom stereocenters. The van der Waals surface area contributed by atoms with Crippen LogP contribution in [0, 0.1) is 37.4 Å². The number of rotatable bonds is 6. The number of carbonyl (C=O) groups excluding carboxylic acids is 1. The number of aryl methyl sites for hydroxylation is 2. The van der Waals surface area contributed by atoms with E-state index in [0.29, 0.717) is 25.3 Å². The van der Waals surface area contributed by atoms with Crippen molar-refractivity contribution in [3.05, 3.63) is 92.7 Å². The number of amides is 1. The number of benzene rings is 1. The molecule has 0 aliphatic carbocycles. The number of hydrogen-bond donors (Lipinski definition) is 3. The molecule has 0 radical (unpaired) electrons. The van der Waals surface area contributed by atoms with Crippen LogP contribution in [-0.2, 0) is 6.54 Å². The second kappa shape index (κ2) is 13.1. The molecular formula is C32H45FN6O2. The lowest BCUT2D eigenvalue weighted by atomic mass is 9.96. The number of carbonyl (C=O) groups is 1. The first-order chi connectivity index (χ1) is 19.3. The maximum Gasteiger partial charge on any atom is 0.263 e. The Balaban J connectivity index is 0.00000201. The highest BCUT2D eigenvalue weighted by atomic mass is 19.1. The van der Waals surface area contributed by atoms with Crippen molar-refractivity contribution in [1.29, 1.82) is 5.41 Å². The number of amidine groups is 1. The number of nitrogens with zero attached hydrogens (tertiary/aromatic N) is 3. The molecule has 2 aromatic heterocycles. The average Bonchev–Trinajstić information content (AvgIpc) is 3.54. The predicted molar refractivity (Wildman–Crippen MR) is 165 cm³/mol. The van der Waals surface area contributed by atoms with E-state index in [1.54, 1.807) is 35.0 Å². The summed E-state index contributed by atoms with van der Waals surface area (Å²) >= 11 is 0. The lowest BCUT2D eigenvalue weighted by molar-refractivity contribution is 0.0936. The molecule has 41 heavy (non-hydrogen) atoms. The van der Waals surface area contributed by atoms with Crippen molar-refractivity contribution in [1.82, 2.24) is 24.8 Å². The molecule has 3 aromatic rings. The van der Waals surface area contributed by atoms with Crippen molar-refractivity contribution in [3.63, 3.8) is 0 Å². The van der Waals surface area contributed by atoms with E-state index in [2.05, 4.69) is 36.1 Å². The Morgan fingerprint density at radius 1 is 1.24 bits per heavy atom. The van der Waals surface area contributed by atoms with E-state index in [1.165, 1.54) is 12.1 Å². The molecule has 1 aliphatic rings. The first-order valence-electron chi connectivity index (χ1n) is 14.1. The van der Waals surface area contributed by atoms with Gasteiger partial charge in [0.2, 0.25) is 0 Å². The van der Waals surface area contributed by atoms with E-state index in [1.807, 2.05) is 45.6 Å². The van der Waals surface area contributed by atoms with Gasteiger partial charge >= 0.3 is 0 Å². The quantitative estimate of drug-likeness (QED) is 0.245. The fourth-order valence-corrected chi connectivity index (χ4v) is 4.99. The van der Waals surface area contributed by atoms with Gasteiger partial charge in [-0.25, -0.2) is 9.37 Å². The Hall–Kier alpha value is -4.01. The van der Waals surface area contributed by atoms with Gasteiger partial charge in [0, 0.05) is 38.1 Å². The maximum absolute atomic E-state index is 14.1. The van der Waals surface area contributed by atoms with Gasteiger partial charge in [0.25, 0.3) is 11.5 Å². The van der Waals surface area contributed by atoms with Crippen LogP contribution in [-0.4, -0.2) is 43.8 Å². The number of halogens is 1. The Bertz CT molecular complexity index is 1490. The van der Waals surface area contributed by atoms with Crippen LogP contribution in [0.4, 0.5) is 4.39 Å². The molecule has 222 valence electrons. The number of aromatic amines is 1. The van der Waals surface area contributed by atoms with Crippen LogP contribution in [0.1, 0.15) is 87.2 Å². The van der Waals surface area contributed by atoms with Crippen LogP contribution < -0.4 is 10.9 Å². The summed E-state index contributed by atoms with van der Waals surface area (Å²) in [6.07, 6.45) is 5.54. The molecule has 3 heterocycles. The van der Waals surface area contributed by atoms with Crippen molar-refractivity contribution < 1.29 is 10.6 Å². The van der Waals surface area contributed by atoms with Crippen LogP contribution in [0.3, 0.4) is 0 Å². The number of hydrogen-bond acceptors (Lipinski definition) is 4. The van der Waals surface area contributed by atoms with Crippen molar-refractivity contribution in [3.8, 4) is 0 Å². The Morgan fingerprint density at radius 2 is 1.95 bits per heavy atom. The van der Waals surface area contributed by atoms with Gasteiger partial charge in [-0.2, -0.15) is 0 Å². The van der Waals surface area contributed by atoms with Crippen LogP contribution in [0.15, 0.2) is 47.4 Å². The maximum atomic E-state index is 14.1. The second-order valence-electron chi connectivity index (χ2n) is 11.6. The van der Waals surface area contributed by atoms with Crippen LogP contribution in [0.5, 0.6) is 0 Å². The van der Waals surface area contributed by atoms with E-state index in [9.17, 15) is 14.0 Å². The summed E-state index contributed by atoms with van der Waals surface area (Å²) in [5.74, 6) is 0.0463. The molecule has 9 heteroatoms. The molecule has 3 N–H and O–H groups in total. The van der Waals surface area contributed by atoms with Crippen molar-refractivity contribution >= 4 is 17.8 Å². The largest absolute Gasteiger partial charge is 0.348 e. The summed E-state index contributed by atoms with van der Waals surface area (Å²) in [5, 5.41) is 11.8. The third-order valence-electron chi connectivity index (χ3n) is 6.99. The highest BCUT2D eigenvalue weighted by Gasteiger charge is 2.35. The first-order valence-corrected chi connectivity index (χ1v) is 14.1. The lowest BCUT2D eigenvalue weighted by Crippen LogP contribution is -2.42. The Kier molecular flexibility index (Phi) is 10.1. The average molecular weight is 565 g/mol. The molecule has 0 saturated carbocycles. The minimum Gasteiger partial charge on any atom is -0.348 e. The molecule has 1 saturated heterocycles. The highest BCUT2D eigenvalue weighted by Crippen LogP contribution is 2.33. The van der Waals surface area contributed by atoms with E-state index >= 15 is 0 Å². The van der Waals surface area contributed by atoms with Crippen molar-refractivity contribution in [2.75, 3.05) is 6.54 Å². The fraction of sp³-hybridized carbons (Fsp3) is 0.438. The third kappa shape index (κ3) is 7.80. The van der Waals surface area contributed by atoms with Gasteiger partial charge in [0.1, 0.15) is 23.0 Å². The topological polar surface area (TPSA) is 107 Å². The first kappa shape index (κ1) is 31.5. The molecule has 1 fully saturated rings. The van der Waals surface area contributed by atoms with E-state index in [4.69, 9.17) is 5.41 Å². The molecule has 1 amide bonds. The second-order valence-corrected chi connectivity index (χ2v) is 11.6. The molecule has 8 nitrogen and oxygen atoms in total. The summed E-state index contributed by atoms with van der Waals surface area (Å²) in [6, 6.07) is 7.30. The SMILES string of the molecule is CC.Cc1cnc(/C=C\C(=N)N2CC(NC(=O)c3cc(C)c(C)n(CC(C)(C)C)c3=O)C[C@@H]2c2cccc(F)c2)[nH]1.[HH]. The third-order valence-corrected chi connectivity index (χ3v) is 6.99. The Labute approximate surface area is 243 Å². The predicted octanol–water partition coefficient (Wildman–Crippen LogP) is 6.19. The zero-order chi connectivity index (χ0) is 30.5. The number of likely N-dealkylation sites (tertiary alicyclic amines) is 1. The van der Waals surface area contributed by atoms with Gasteiger partial charge in [-0.05, 0) is 74.1 Å². The number of aromatic nitrogens is 3.